The first kappa shape index (κ1) is 11.8. The molecule has 1 aromatic heterocycles. The molecule has 4 heteroatoms. The maximum absolute atomic E-state index is 9.15. The van der Waals surface area contributed by atoms with Gasteiger partial charge in [-0.05, 0) is 19.4 Å². The molecule has 0 spiro atoms. The summed E-state index contributed by atoms with van der Waals surface area (Å²) in [7, 11) is 0. The third-order valence-corrected chi connectivity index (χ3v) is 2.81. The van der Waals surface area contributed by atoms with Crippen molar-refractivity contribution in [3.8, 4) is 0 Å². The van der Waals surface area contributed by atoms with Gasteiger partial charge in [0.05, 0.1) is 0 Å². The predicted molar refractivity (Wildman–Crippen MR) is 65.6 cm³/mol. The molecule has 0 bridgehead atoms. The number of hydrogen-bond donors (Lipinski definition) is 1. The Balaban J connectivity index is 2.27. The van der Waals surface area contributed by atoms with E-state index in [0.717, 1.165) is 18.8 Å². The molecule has 90 valence electrons. The van der Waals surface area contributed by atoms with E-state index < -0.39 is 0 Å². The lowest BCUT2D eigenvalue weighted by atomic mass is 10.1. The first-order valence-corrected chi connectivity index (χ1v) is 5.82. The fourth-order valence-corrected chi connectivity index (χ4v) is 1.99. The van der Waals surface area contributed by atoms with E-state index in [0.29, 0.717) is 5.82 Å². The van der Waals surface area contributed by atoms with Crippen LogP contribution in [0.2, 0.25) is 0 Å². The minimum atomic E-state index is -0.0609. The Morgan fingerprint density at radius 1 is 1.24 bits per heavy atom. The highest BCUT2D eigenvalue weighted by Gasteiger charge is 2.10. The van der Waals surface area contributed by atoms with E-state index in [1.807, 2.05) is 17.6 Å². The van der Waals surface area contributed by atoms with Crippen molar-refractivity contribution in [3.63, 3.8) is 0 Å². The Labute approximate surface area is 101 Å². The smallest absolute Gasteiger partial charge is 0.158 e. The first-order chi connectivity index (χ1) is 8.24. The molecule has 0 unspecified atom stereocenters. The monoisotopic (exact) mass is 231 g/mol. The van der Waals surface area contributed by atoms with Gasteiger partial charge in [0.2, 0.25) is 0 Å². The number of aryl methyl sites for hydroxylation is 1. The van der Waals surface area contributed by atoms with E-state index in [1.54, 1.807) is 0 Å². The van der Waals surface area contributed by atoms with Crippen molar-refractivity contribution in [2.45, 2.75) is 33.4 Å². The SMILES string of the molecule is CCn1c(CO)nnc1Cc1cccc(C)c1. The number of nitrogens with zero attached hydrogens (tertiary/aromatic N) is 3. The Morgan fingerprint density at radius 2 is 2.00 bits per heavy atom. The quantitative estimate of drug-likeness (QED) is 0.871. The average Bonchev–Trinajstić information content (AvgIpc) is 2.71. The van der Waals surface area contributed by atoms with Gasteiger partial charge >= 0.3 is 0 Å². The number of aromatic nitrogens is 3. The molecule has 2 rings (SSSR count). The van der Waals surface area contributed by atoms with Gasteiger partial charge in [-0.1, -0.05) is 29.8 Å². The number of benzene rings is 1. The number of aliphatic hydroxyl groups excluding tert-OH is 1. The van der Waals surface area contributed by atoms with Crippen LogP contribution in [0.5, 0.6) is 0 Å². The molecule has 0 aliphatic heterocycles. The lowest BCUT2D eigenvalue weighted by Gasteiger charge is -2.06. The van der Waals surface area contributed by atoms with Gasteiger partial charge in [-0.25, -0.2) is 0 Å². The zero-order valence-corrected chi connectivity index (χ0v) is 10.2. The highest BCUT2D eigenvalue weighted by atomic mass is 16.3. The Kier molecular flexibility index (Phi) is 3.54. The van der Waals surface area contributed by atoms with Crippen LogP contribution in [0, 0.1) is 6.92 Å². The second-order valence-electron chi connectivity index (χ2n) is 4.10. The van der Waals surface area contributed by atoms with Crippen LogP contribution in [0.25, 0.3) is 0 Å². The summed E-state index contributed by atoms with van der Waals surface area (Å²) in [6, 6.07) is 8.35. The van der Waals surface area contributed by atoms with Gasteiger partial charge in [-0.2, -0.15) is 0 Å². The molecule has 0 fully saturated rings. The van der Waals surface area contributed by atoms with Crippen molar-refractivity contribution in [1.29, 1.82) is 0 Å². The molecule has 0 atom stereocenters. The molecule has 17 heavy (non-hydrogen) atoms. The van der Waals surface area contributed by atoms with Crippen LogP contribution in [0.3, 0.4) is 0 Å². The minimum absolute atomic E-state index is 0.0609. The van der Waals surface area contributed by atoms with Crippen molar-refractivity contribution in [2.75, 3.05) is 0 Å². The molecular weight excluding hydrogens is 214 g/mol. The van der Waals surface area contributed by atoms with Crippen molar-refractivity contribution in [1.82, 2.24) is 14.8 Å². The summed E-state index contributed by atoms with van der Waals surface area (Å²) in [5.74, 6) is 1.54. The summed E-state index contributed by atoms with van der Waals surface area (Å²) < 4.78 is 1.96. The van der Waals surface area contributed by atoms with Crippen LogP contribution in [0.1, 0.15) is 29.7 Å². The van der Waals surface area contributed by atoms with Crippen LogP contribution in [-0.2, 0) is 19.6 Å². The largest absolute Gasteiger partial charge is 0.388 e. The van der Waals surface area contributed by atoms with E-state index >= 15 is 0 Å². The number of rotatable bonds is 4. The zero-order valence-electron chi connectivity index (χ0n) is 10.2. The fraction of sp³-hybridized carbons (Fsp3) is 0.385. The van der Waals surface area contributed by atoms with Crippen molar-refractivity contribution >= 4 is 0 Å². The molecule has 1 N–H and O–H groups in total. The Bertz CT molecular complexity index is 505. The average molecular weight is 231 g/mol. The van der Waals surface area contributed by atoms with Crippen molar-refractivity contribution < 1.29 is 5.11 Å². The van der Waals surface area contributed by atoms with Gasteiger partial charge in [0.25, 0.3) is 0 Å². The topological polar surface area (TPSA) is 50.9 Å². The highest BCUT2D eigenvalue weighted by Crippen LogP contribution is 2.11. The molecule has 4 nitrogen and oxygen atoms in total. The molecule has 2 aromatic rings. The van der Waals surface area contributed by atoms with Crippen molar-refractivity contribution in [2.24, 2.45) is 0 Å². The van der Waals surface area contributed by atoms with Gasteiger partial charge < -0.3 is 9.67 Å². The molecule has 1 aromatic carbocycles. The molecule has 0 radical (unpaired) electrons. The third-order valence-electron chi connectivity index (χ3n) is 2.81. The first-order valence-electron chi connectivity index (χ1n) is 5.82. The van der Waals surface area contributed by atoms with Gasteiger partial charge in [0, 0.05) is 13.0 Å². The molecule has 0 aliphatic rings. The molecule has 0 amide bonds. The van der Waals surface area contributed by atoms with Gasteiger partial charge in [-0.3, -0.25) is 0 Å². The van der Waals surface area contributed by atoms with Crippen LogP contribution in [-0.4, -0.2) is 19.9 Å². The van der Waals surface area contributed by atoms with E-state index in [9.17, 15) is 0 Å². The minimum Gasteiger partial charge on any atom is -0.388 e. The summed E-state index contributed by atoms with van der Waals surface area (Å²) >= 11 is 0. The lowest BCUT2D eigenvalue weighted by molar-refractivity contribution is 0.264. The number of aliphatic hydroxyl groups is 1. The van der Waals surface area contributed by atoms with E-state index in [1.165, 1.54) is 11.1 Å². The predicted octanol–water partition coefficient (Wildman–Crippen LogP) is 1.69. The summed E-state index contributed by atoms with van der Waals surface area (Å²) in [6.45, 7) is 4.83. The van der Waals surface area contributed by atoms with Gasteiger partial charge in [-0.15, -0.1) is 10.2 Å². The fourth-order valence-electron chi connectivity index (χ4n) is 1.99. The molecule has 0 saturated heterocycles. The summed E-state index contributed by atoms with van der Waals surface area (Å²) in [4.78, 5) is 0. The molecule has 1 heterocycles. The van der Waals surface area contributed by atoms with E-state index in [-0.39, 0.29) is 6.61 Å². The van der Waals surface area contributed by atoms with Crippen LogP contribution in [0.4, 0.5) is 0 Å². The Morgan fingerprint density at radius 3 is 2.65 bits per heavy atom. The second-order valence-corrected chi connectivity index (χ2v) is 4.10. The number of hydrogen-bond acceptors (Lipinski definition) is 3. The van der Waals surface area contributed by atoms with Crippen LogP contribution >= 0.6 is 0 Å². The van der Waals surface area contributed by atoms with Gasteiger partial charge in [0.15, 0.2) is 5.82 Å². The van der Waals surface area contributed by atoms with Gasteiger partial charge in [0.1, 0.15) is 12.4 Å². The zero-order chi connectivity index (χ0) is 12.3. The third kappa shape index (κ3) is 2.53. The van der Waals surface area contributed by atoms with Crippen LogP contribution in [0.15, 0.2) is 24.3 Å². The summed E-state index contributed by atoms with van der Waals surface area (Å²) in [5.41, 5.74) is 2.46. The van der Waals surface area contributed by atoms with Crippen molar-refractivity contribution in [3.05, 3.63) is 47.0 Å². The standard InChI is InChI=1S/C13H17N3O/c1-3-16-12(14-15-13(16)9-17)8-11-6-4-5-10(2)7-11/h4-7,17H,3,8-9H2,1-2H3. The highest BCUT2D eigenvalue weighted by molar-refractivity contribution is 5.25. The van der Waals surface area contributed by atoms with E-state index in [2.05, 4.69) is 35.3 Å². The summed E-state index contributed by atoms with van der Waals surface area (Å²) in [6.07, 6.45) is 0.752. The summed E-state index contributed by atoms with van der Waals surface area (Å²) in [5, 5.41) is 17.3. The molecule has 0 aliphatic carbocycles. The molecule has 0 saturated carbocycles. The Hall–Kier alpha value is -1.68. The van der Waals surface area contributed by atoms with E-state index in [4.69, 9.17) is 5.11 Å². The maximum Gasteiger partial charge on any atom is 0.158 e. The second kappa shape index (κ2) is 5.10. The van der Waals surface area contributed by atoms with Crippen LogP contribution < -0.4 is 0 Å². The normalized spacial score (nSPS) is 10.8. The lowest BCUT2D eigenvalue weighted by Crippen LogP contribution is -2.06. The maximum atomic E-state index is 9.15. The molecular formula is C13H17N3O.